The molecular formula is C21H25NO5. The molecule has 27 heavy (non-hydrogen) atoms. The van der Waals surface area contributed by atoms with Crippen LogP contribution in [-0.4, -0.2) is 49.6 Å². The van der Waals surface area contributed by atoms with Gasteiger partial charge in [-0.25, -0.2) is 4.90 Å². The van der Waals surface area contributed by atoms with E-state index >= 15 is 0 Å². The van der Waals surface area contributed by atoms with Gasteiger partial charge in [0, 0.05) is 17.7 Å². The molecule has 2 aliphatic heterocycles. The van der Waals surface area contributed by atoms with Crippen molar-refractivity contribution in [2.75, 3.05) is 34.0 Å². The van der Waals surface area contributed by atoms with Crippen LogP contribution in [0.1, 0.15) is 30.0 Å². The van der Waals surface area contributed by atoms with Gasteiger partial charge in [-0.3, -0.25) is 0 Å². The number of fused-ring (bicyclic) bond motifs is 1. The van der Waals surface area contributed by atoms with E-state index in [1.165, 1.54) is 0 Å². The van der Waals surface area contributed by atoms with Crippen LogP contribution in [0.2, 0.25) is 0 Å². The Morgan fingerprint density at radius 1 is 0.926 bits per heavy atom. The molecule has 3 atom stereocenters. The number of ether oxygens (including phenoxy) is 4. The highest BCUT2D eigenvalue weighted by molar-refractivity contribution is 5.39. The molecule has 0 spiro atoms. The van der Waals surface area contributed by atoms with Gasteiger partial charge in [0.05, 0.1) is 33.0 Å². The van der Waals surface area contributed by atoms with Gasteiger partial charge < -0.3 is 24.1 Å². The van der Waals surface area contributed by atoms with E-state index in [-0.39, 0.29) is 24.6 Å². The monoisotopic (exact) mass is 371 g/mol. The zero-order valence-corrected chi connectivity index (χ0v) is 15.6. The van der Waals surface area contributed by atoms with E-state index in [2.05, 4.69) is 4.90 Å². The largest absolute Gasteiger partial charge is 0.496 e. The van der Waals surface area contributed by atoms with Crippen molar-refractivity contribution < 1.29 is 24.1 Å². The lowest BCUT2D eigenvalue weighted by molar-refractivity contribution is -0.0638. The summed E-state index contributed by atoms with van der Waals surface area (Å²) in [7, 11) is 3.32. The van der Waals surface area contributed by atoms with E-state index in [0.29, 0.717) is 19.6 Å². The van der Waals surface area contributed by atoms with Gasteiger partial charge >= 0.3 is 0 Å². The van der Waals surface area contributed by atoms with Gasteiger partial charge in [-0.1, -0.05) is 36.4 Å². The molecule has 6 heteroatoms. The zero-order chi connectivity index (χ0) is 18.9. The Kier molecular flexibility index (Phi) is 5.06. The maximum atomic E-state index is 9.70. The van der Waals surface area contributed by atoms with E-state index < -0.39 is 0 Å². The minimum atomic E-state index is -0.383. The lowest BCUT2D eigenvalue weighted by Crippen LogP contribution is -2.45. The SMILES string of the molecule is COc1ccccc1[C@H]1OCC2(CCO)CO[C@@H](c3ccccc3OC)N12. The number of hydrogen-bond donors (Lipinski definition) is 1. The van der Waals surface area contributed by atoms with Crippen molar-refractivity contribution in [1.29, 1.82) is 0 Å². The van der Waals surface area contributed by atoms with Crippen LogP contribution in [-0.2, 0) is 9.47 Å². The molecule has 2 heterocycles. The van der Waals surface area contributed by atoms with Crippen LogP contribution in [0, 0.1) is 0 Å². The molecule has 144 valence electrons. The van der Waals surface area contributed by atoms with Gasteiger partial charge in [-0.05, 0) is 18.6 Å². The first kappa shape index (κ1) is 18.3. The Morgan fingerprint density at radius 3 is 1.85 bits per heavy atom. The molecule has 1 N–H and O–H groups in total. The first-order chi connectivity index (χ1) is 13.2. The van der Waals surface area contributed by atoms with Crippen molar-refractivity contribution in [2.24, 2.45) is 0 Å². The van der Waals surface area contributed by atoms with Crippen molar-refractivity contribution in [3.8, 4) is 11.5 Å². The Hall–Kier alpha value is -2.12. The number of rotatable bonds is 6. The predicted octanol–water partition coefficient (Wildman–Crippen LogP) is 2.88. The summed E-state index contributed by atoms with van der Waals surface area (Å²) in [5, 5.41) is 9.70. The third kappa shape index (κ3) is 2.99. The van der Waals surface area contributed by atoms with Crippen molar-refractivity contribution >= 4 is 0 Å². The fraction of sp³-hybridized carbons (Fsp3) is 0.429. The van der Waals surface area contributed by atoms with Gasteiger partial charge in [0.2, 0.25) is 0 Å². The molecule has 6 nitrogen and oxygen atoms in total. The van der Waals surface area contributed by atoms with Crippen molar-refractivity contribution in [3.05, 3.63) is 59.7 Å². The molecule has 0 amide bonds. The third-order valence-electron chi connectivity index (χ3n) is 5.46. The van der Waals surface area contributed by atoms with Gasteiger partial charge in [-0.15, -0.1) is 0 Å². The van der Waals surface area contributed by atoms with E-state index in [0.717, 1.165) is 22.6 Å². The second kappa shape index (κ2) is 7.48. The molecular weight excluding hydrogens is 346 g/mol. The molecule has 2 saturated heterocycles. The van der Waals surface area contributed by atoms with Crippen LogP contribution < -0.4 is 9.47 Å². The molecule has 0 radical (unpaired) electrons. The van der Waals surface area contributed by atoms with E-state index in [9.17, 15) is 5.11 Å². The average molecular weight is 371 g/mol. The summed E-state index contributed by atoms with van der Waals surface area (Å²) < 4.78 is 23.6. The van der Waals surface area contributed by atoms with E-state index in [1.807, 2.05) is 48.5 Å². The molecule has 0 saturated carbocycles. The minimum Gasteiger partial charge on any atom is -0.496 e. The highest BCUT2D eigenvalue weighted by Crippen LogP contribution is 2.52. The summed E-state index contributed by atoms with van der Waals surface area (Å²) in [6.07, 6.45) is -0.0835. The van der Waals surface area contributed by atoms with E-state index in [4.69, 9.17) is 18.9 Å². The number of methoxy groups -OCH3 is 2. The van der Waals surface area contributed by atoms with Crippen molar-refractivity contribution in [2.45, 2.75) is 24.4 Å². The first-order valence-corrected chi connectivity index (χ1v) is 9.12. The fourth-order valence-corrected chi connectivity index (χ4v) is 4.14. The molecule has 2 aromatic rings. The number of hydrogen-bond acceptors (Lipinski definition) is 6. The summed E-state index contributed by atoms with van der Waals surface area (Å²) in [5.41, 5.74) is 1.52. The zero-order valence-electron chi connectivity index (χ0n) is 15.6. The molecule has 4 rings (SSSR count). The number of aliphatic hydroxyl groups is 1. The normalized spacial score (nSPS) is 27.5. The lowest BCUT2D eigenvalue weighted by atomic mass is 9.96. The smallest absolute Gasteiger partial charge is 0.143 e. The summed E-state index contributed by atoms with van der Waals surface area (Å²) in [6.45, 7) is 1.05. The Morgan fingerprint density at radius 2 is 1.41 bits per heavy atom. The molecule has 2 aliphatic rings. The number of aliphatic hydroxyl groups excluding tert-OH is 1. The highest BCUT2D eigenvalue weighted by Gasteiger charge is 2.57. The summed E-state index contributed by atoms with van der Waals surface area (Å²) in [4.78, 5) is 2.22. The Balaban J connectivity index is 1.79. The molecule has 0 aliphatic carbocycles. The summed E-state index contributed by atoms with van der Waals surface area (Å²) in [5.74, 6) is 1.54. The second-order valence-corrected chi connectivity index (χ2v) is 6.92. The van der Waals surface area contributed by atoms with Crippen molar-refractivity contribution in [3.63, 3.8) is 0 Å². The Bertz CT molecular complexity index is 736. The van der Waals surface area contributed by atoms with Gasteiger partial charge in [0.25, 0.3) is 0 Å². The number of benzene rings is 2. The molecule has 2 aromatic carbocycles. The number of nitrogens with zero attached hydrogens (tertiary/aromatic N) is 1. The number of para-hydroxylation sites is 2. The predicted molar refractivity (Wildman–Crippen MR) is 99.6 cm³/mol. The topological polar surface area (TPSA) is 60.4 Å². The van der Waals surface area contributed by atoms with Gasteiger partial charge in [0.15, 0.2) is 0 Å². The lowest BCUT2D eigenvalue weighted by Gasteiger charge is -2.34. The average Bonchev–Trinajstić information content (AvgIpc) is 3.25. The highest BCUT2D eigenvalue weighted by atomic mass is 16.6. The summed E-state index contributed by atoms with van der Waals surface area (Å²) in [6, 6.07) is 15.7. The summed E-state index contributed by atoms with van der Waals surface area (Å²) >= 11 is 0. The van der Waals surface area contributed by atoms with Crippen LogP contribution >= 0.6 is 0 Å². The minimum absolute atomic E-state index is 0.0699. The quantitative estimate of drug-likeness (QED) is 0.843. The van der Waals surface area contributed by atoms with Crippen LogP contribution in [0.3, 0.4) is 0 Å². The second-order valence-electron chi connectivity index (χ2n) is 6.92. The first-order valence-electron chi connectivity index (χ1n) is 9.12. The standard InChI is InChI=1S/C21H25NO5/c1-24-17-9-5-3-7-15(17)19-22-20(16-8-4-6-10-18(16)25-2)27-14-21(22,11-12-23)13-26-19/h3-10,19-20,23H,11-14H2,1-2H3/t19-,20+,21?. The van der Waals surface area contributed by atoms with Crippen LogP contribution in [0.25, 0.3) is 0 Å². The van der Waals surface area contributed by atoms with Crippen molar-refractivity contribution in [1.82, 2.24) is 4.90 Å². The molecule has 1 unspecified atom stereocenters. The van der Waals surface area contributed by atoms with Crippen LogP contribution in [0.4, 0.5) is 0 Å². The van der Waals surface area contributed by atoms with E-state index in [1.54, 1.807) is 14.2 Å². The van der Waals surface area contributed by atoms with Gasteiger partial charge in [-0.2, -0.15) is 0 Å². The van der Waals surface area contributed by atoms with Crippen LogP contribution in [0.5, 0.6) is 11.5 Å². The molecule has 2 fully saturated rings. The van der Waals surface area contributed by atoms with Gasteiger partial charge in [0.1, 0.15) is 24.0 Å². The third-order valence-corrected chi connectivity index (χ3v) is 5.46. The molecule has 0 aromatic heterocycles. The fourth-order valence-electron chi connectivity index (χ4n) is 4.14. The van der Waals surface area contributed by atoms with Crippen LogP contribution in [0.15, 0.2) is 48.5 Å². The molecule has 0 bridgehead atoms. The maximum absolute atomic E-state index is 9.70. The maximum Gasteiger partial charge on any atom is 0.143 e. The Labute approximate surface area is 159 Å².